The van der Waals surface area contributed by atoms with Gasteiger partial charge in [0.25, 0.3) is 0 Å². The Bertz CT molecular complexity index is 538. The predicted octanol–water partition coefficient (Wildman–Crippen LogP) is 2.29. The zero-order chi connectivity index (χ0) is 15.0. The van der Waals surface area contributed by atoms with Gasteiger partial charge in [-0.05, 0) is 37.6 Å². The van der Waals surface area contributed by atoms with Gasteiger partial charge in [-0.15, -0.1) is 0 Å². The van der Waals surface area contributed by atoms with E-state index in [-0.39, 0.29) is 18.5 Å². The lowest BCUT2D eigenvalue weighted by atomic mass is 10.1. The van der Waals surface area contributed by atoms with Gasteiger partial charge in [0.15, 0.2) is 0 Å². The van der Waals surface area contributed by atoms with Gasteiger partial charge in [0.2, 0.25) is 0 Å². The number of nitrogens with zero attached hydrogens (tertiary/aromatic N) is 2. The summed E-state index contributed by atoms with van der Waals surface area (Å²) >= 11 is 0. The molecule has 1 aromatic rings. The third-order valence-electron chi connectivity index (χ3n) is 2.90. The van der Waals surface area contributed by atoms with Crippen molar-refractivity contribution in [2.45, 2.75) is 32.9 Å². The minimum absolute atomic E-state index is 0.244. The number of halogens is 1. The Morgan fingerprint density at radius 3 is 2.70 bits per heavy atom. The molecule has 0 aliphatic heterocycles. The Morgan fingerprint density at radius 1 is 1.35 bits per heavy atom. The summed E-state index contributed by atoms with van der Waals surface area (Å²) in [5.41, 5.74) is 1.37. The molecule has 1 N–H and O–H groups in total. The fraction of sp³-hybridized carbons (Fsp3) is 0.438. The highest BCUT2D eigenvalue weighted by Gasteiger charge is 2.10. The summed E-state index contributed by atoms with van der Waals surface area (Å²) in [6.45, 7) is 5.08. The third-order valence-corrected chi connectivity index (χ3v) is 2.90. The Balaban J connectivity index is 2.89. The molecule has 0 heterocycles. The fourth-order valence-corrected chi connectivity index (χ4v) is 1.90. The van der Waals surface area contributed by atoms with Crippen LogP contribution in [-0.4, -0.2) is 29.2 Å². The van der Waals surface area contributed by atoms with Gasteiger partial charge < -0.3 is 5.11 Å². The van der Waals surface area contributed by atoms with Gasteiger partial charge in [0.05, 0.1) is 6.07 Å². The van der Waals surface area contributed by atoms with Crippen LogP contribution in [0.5, 0.6) is 0 Å². The molecular formula is C16H19FN2O. The van der Waals surface area contributed by atoms with Gasteiger partial charge in [-0.1, -0.05) is 11.8 Å². The van der Waals surface area contributed by atoms with Crippen LogP contribution >= 0.6 is 0 Å². The first-order valence-corrected chi connectivity index (χ1v) is 6.57. The summed E-state index contributed by atoms with van der Waals surface area (Å²) in [5.74, 6) is 4.88. The second-order valence-electron chi connectivity index (χ2n) is 4.78. The van der Waals surface area contributed by atoms with E-state index >= 15 is 0 Å². The van der Waals surface area contributed by atoms with Gasteiger partial charge >= 0.3 is 0 Å². The number of aliphatic hydroxyl groups excluding tert-OH is 1. The number of nitriles is 1. The lowest BCUT2D eigenvalue weighted by Gasteiger charge is -2.25. The van der Waals surface area contributed by atoms with Crippen LogP contribution in [0, 0.1) is 29.0 Å². The van der Waals surface area contributed by atoms with Crippen LogP contribution in [0.1, 0.15) is 31.4 Å². The molecule has 0 fully saturated rings. The van der Waals surface area contributed by atoms with Crippen molar-refractivity contribution in [3.05, 3.63) is 35.1 Å². The largest absolute Gasteiger partial charge is 0.384 e. The number of rotatable bonds is 5. The average Bonchev–Trinajstić information content (AvgIpc) is 2.40. The van der Waals surface area contributed by atoms with Crippen molar-refractivity contribution in [1.82, 2.24) is 4.90 Å². The second kappa shape index (κ2) is 8.32. The van der Waals surface area contributed by atoms with Crippen LogP contribution in [-0.2, 0) is 6.54 Å². The molecule has 3 nitrogen and oxygen atoms in total. The van der Waals surface area contributed by atoms with E-state index in [1.165, 1.54) is 12.1 Å². The number of hydrogen-bond donors (Lipinski definition) is 1. The third kappa shape index (κ3) is 5.40. The van der Waals surface area contributed by atoms with Gasteiger partial charge in [0.1, 0.15) is 12.4 Å². The zero-order valence-electron chi connectivity index (χ0n) is 11.9. The second-order valence-corrected chi connectivity index (χ2v) is 4.78. The number of hydrogen-bond acceptors (Lipinski definition) is 3. The molecule has 4 heteroatoms. The van der Waals surface area contributed by atoms with Crippen LogP contribution in [0.3, 0.4) is 0 Å². The van der Waals surface area contributed by atoms with Crippen LogP contribution in [0.4, 0.5) is 4.39 Å². The van der Waals surface area contributed by atoms with Gasteiger partial charge in [-0.3, -0.25) is 4.90 Å². The molecule has 0 atom stereocenters. The molecule has 0 unspecified atom stereocenters. The van der Waals surface area contributed by atoms with Crippen molar-refractivity contribution in [2.75, 3.05) is 13.2 Å². The molecule has 0 saturated heterocycles. The van der Waals surface area contributed by atoms with Crippen LogP contribution < -0.4 is 0 Å². The van der Waals surface area contributed by atoms with Crippen LogP contribution in [0.15, 0.2) is 18.2 Å². The predicted molar refractivity (Wildman–Crippen MR) is 76.1 cm³/mol. The summed E-state index contributed by atoms with van der Waals surface area (Å²) in [7, 11) is 0. The summed E-state index contributed by atoms with van der Waals surface area (Å²) in [4.78, 5) is 2.11. The first-order valence-electron chi connectivity index (χ1n) is 6.57. The minimum Gasteiger partial charge on any atom is -0.384 e. The maximum Gasteiger partial charge on any atom is 0.124 e. The molecule has 0 radical (unpaired) electrons. The van der Waals surface area contributed by atoms with E-state index in [9.17, 15) is 4.39 Å². The van der Waals surface area contributed by atoms with Crippen molar-refractivity contribution < 1.29 is 9.50 Å². The first kappa shape index (κ1) is 16.2. The molecule has 20 heavy (non-hydrogen) atoms. The Hall–Kier alpha value is -1.88. The first-order chi connectivity index (χ1) is 9.56. The topological polar surface area (TPSA) is 47.3 Å². The van der Waals surface area contributed by atoms with E-state index in [1.54, 1.807) is 0 Å². The van der Waals surface area contributed by atoms with Crippen molar-refractivity contribution in [3.8, 4) is 17.9 Å². The molecule has 0 amide bonds. The monoisotopic (exact) mass is 274 g/mol. The van der Waals surface area contributed by atoms with Crippen LogP contribution in [0.2, 0.25) is 0 Å². The van der Waals surface area contributed by atoms with Gasteiger partial charge in [-0.25, -0.2) is 4.39 Å². The lowest BCUT2D eigenvalue weighted by molar-refractivity contribution is 0.217. The van der Waals surface area contributed by atoms with Crippen molar-refractivity contribution in [1.29, 1.82) is 5.26 Å². The Labute approximate surface area is 119 Å². The molecule has 1 rings (SSSR count). The maximum atomic E-state index is 13.6. The smallest absolute Gasteiger partial charge is 0.124 e. The molecule has 0 aliphatic carbocycles. The molecule has 0 spiro atoms. The average molecular weight is 274 g/mol. The van der Waals surface area contributed by atoms with Crippen molar-refractivity contribution >= 4 is 0 Å². The summed E-state index contributed by atoms with van der Waals surface area (Å²) < 4.78 is 13.6. The maximum absolute atomic E-state index is 13.6. The van der Waals surface area contributed by atoms with Crippen LogP contribution in [0.25, 0.3) is 0 Å². The van der Waals surface area contributed by atoms with Crippen molar-refractivity contribution in [3.63, 3.8) is 0 Å². The van der Waals surface area contributed by atoms with E-state index in [4.69, 9.17) is 10.4 Å². The molecule has 0 aromatic heterocycles. The quantitative estimate of drug-likeness (QED) is 0.838. The summed E-state index contributed by atoms with van der Waals surface area (Å²) in [6.07, 6.45) is 0.449. The van der Waals surface area contributed by atoms with E-state index in [1.807, 2.05) is 19.9 Å². The highest BCUT2D eigenvalue weighted by Crippen LogP contribution is 2.13. The highest BCUT2D eigenvalue weighted by molar-refractivity contribution is 5.37. The van der Waals surface area contributed by atoms with Crippen molar-refractivity contribution in [2.24, 2.45) is 0 Å². The van der Waals surface area contributed by atoms with E-state index in [0.717, 1.165) is 5.56 Å². The minimum atomic E-state index is -0.339. The number of benzene rings is 1. The standard InChI is InChI=1S/C16H19FN2O/c1-13(2)19(7-4-6-18)12-15-9-14(5-3-8-20)10-16(17)11-15/h9-11,13,20H,4,7-8,12H2,1-2H3. The van der Waals surface area contributed by atoms with E-state index in [0.29, 0.717) is 25.1 Å². The van der Waals surface area contributed by atoms with E-state index < -0.39 is 0 Å². The molecule has 0 bridgehead atoms. The molecule has 1 aromatic carbocycles. The SMILES string of the molecule is CC(C)N(CCC#N)Cc1cc(F)cc(C#CCO)c1. The number of aliphatic hydroxyl groups is 1. The molecular weight excluding hydrogens is 255 g/mol. The Morgan fingerprint density at radius 2 is 2.10 bits per heavy atom. The lowest BCUT2D eigenvalue weighted by Crippen LogP contribution is -2.31. The Kier molecular flexibility index (Phi) is 6.73. The highest BCUT2D eigenvalue weighted by atomic mass is 19.1. The summed E-state index contributed by atoms with van der Waals surface area (Å²) in [5, 5.41) is 17.3. The zero-order valence-corrected chi connectivity index (χ0v) is 11.9. The summed E-state index contributed by atoms with van der Waals surface area (Å²) in [6, 6.07) is 7.04. The van der Waals surface area contributed by atoms with E-state index in [2.05, 4.69) is 22.8 Å². The molecule has 0 aliphatic rings. The van der Waals surface area contributed by atoms with Gasteiger partial charge in [-0.2, -0.15) is 5.26 Å². The fourth-order valence-electron chi connectivity index (χ4n) is 1.90. The molecule has 0 saturated carbocycles. The van der Waals surface area contributed by atoms with Gasteiger partial charge in [0, 0.05) is 31.1 Å². The normalized spacial score (nSPS) is 10.2. The molecule has 106 valence electrons.